The minimum Gasteiger partial charge on any atom is -0.481 e. The van der Waals surface area contributed by atoms with Crippen LogP contribution in [0.3, 0.4) is 0 Å². The first-order valence-electron chi connectivity index (χ1n) is 9.04. The van der Waals surface area contributed by atoms with E-state index in [1.165, 1.54) is 0 Å². The van der Waals surface area contributed by atoms with Crippen molar-refractivity contribution < 1.29 is 24.0 Å². The van der Waals surface area contributed by atoms with Gasteiger partial charge in [-0.25, -0.2) is 0 Å². The first kappa shape index (κ1) is 18.1. The van der Waals surface area contributed by atoms with Crippen LogP contribution in [-0.2, 0) is 20.7 Å². The zero-order valence-corrected chi connectivity index (χ0v) is 15.6. The van der Waals surface area contributed by atoms with Gasteiger partial charge in [-0.2, -0.15) is 4.98 Å². The van der Waals surface area contributed by atoms with Gasteiger partial charge in [-0.3, -0.25) is 9.59 Å². The van der Waals surface area contributed by atoms with E-state index in [1.54, 1.807) is 16.2 Å². The molecule has 27 heavy (non-hydrogen) atoms. The van der Waals surface area contributed by atoms with Crippen LogP contribution in [0.4, 0.5) is 0 Å². The molecular weight excluding hydrogens is 370 g/mol. The van der Waals surface area contributed by atoms with E-state index in [2.05, 4.69) is 10.1 Å². The quantitative estimate of drug-likeness (QED) is 0.803. The number of fused-ring (bicyclic) bond motifs is 1. The Morgan fingerprint density at radius 2 is 2.33 bits per heavy atom. The molecule has 0 aromatic carbocycles. The summed E-state index contributed by atoms with van der Waals surface area (Å²) in [6.07, 6.45) is 1.90. The number of carboxylic acids is 1. The van der Waals surface area contributed by atoms with Crippen molar-refractivity contribution in [2.45, 2.75) is 25.7 Å². The molecule has 2 atom stereocenters. The number of carboxylic acid groups (broad SMARTS) is 1. The summed E-state index contributed by atoms with van der Waals surface area (Å²) in [7, 11) is 0. The maximum absolute atomic E-state index is 12.6. The molecule has 0 bridgehead atoms. The number of carbonyl (C=O) groups excluding carboxylic acids is 1. The fraction of sp³-hybridized carbons (Fsp3) is 0.556. The van der Waals surface area contributed by atoms with Crippen LogP contribution in [0, 0.1) is 11.3 Å². The number of nitrogens with zero attached hydrogens (tertiary/aromatic N) is 3. The first-order chi connectivity index (χ1) is 13.1. The van der Waals surface area contributed by atoms with Crippen molar-refractivity contribution in [3.63, 3.8) is 0 Å². The molecule has 9 heteroatoms. The molecule has 2 aromatic heterocycles. The summed E-state index contributed by atoms with van der Waals surface area (Å²) in [6.45, 7) is 1.57. The molecule has 4 heterocycles. The van der Waals surface area contributed by atoms with E-state index in [0.29, 0.717) is 57.2 Å². The molecule has 0 unspecified atom stereocenters. The van der Waals surface area contributed by atoms with E-state index in [1.807, 2.05) is 17.5 Å². The third-order valence-corrected chi connectivity index (χ3v) is 6.34. The highest BCUT2D eigenvalue weighted by Crippen LogP contribution is 2.42. The maximum atomic E-state index is 12.6. The molecule has 8 nitrogen and oxygen atoms in total. The molecule has 0 spiro atoms. The van der Waals surface area contributed by atoms with Crippen molar-refractivity contribution in [3.05, 3.63) is 23.4 Å². The number of rotatable bonds is 6. The van der Waals surface area contributed by atoms with Crippen molar-refractivity contribution in [2.75, 3.05) is 26.3 Å². The second-order valence-corrected chi connectivity index (χ2v) is 8.05. The standard InChI is InChI=1S/C18H21N3O5S/c22-15(21-9-12-10-25-7-6-18(12,11-21)17(23)24)5-1-4-14-19-16(20-26-14)13-3-2-8-27-13/h2-3,8,12H,1,4-7,9-11H2,(H,23,24)/t12-,18+/m0/s1. The lowest BCUT2D eigenvalue weighted by Gasteiger charge is -2.33. The highest BCUT2D eigenvalue weighted by atomic mass is 32.1. The Labute approximate surface area is 160 Å². The topological polar surface area (TPSA) is 106 Å². The van der Waals surface area contributed by atoms with Gasteiger partial charge in [0.1, 0.15) is 0 Å². The highest BCUT2D eigenvalue weighted by molar-refractivity contribution is 7.13. The zero-order chi connectivity index (χ0) is 18.9. The fourth-order valence-electron chi connectivity index (χ4n) is 3.90. The van der Waals surface area contributed by atoms with Crippen molar-refractivity contribution >= 4 is 23.2 Å². The van der Waals surface area contributed by atoms with Crippen molar-refractivity contribution in [2.24, 2.45) is 11.3 Å². The number of amides is 1. The third-order valence-electron chi connectivity index (χ3n) is 5.48. The fourth-order valence-corrected chi connectivity index (χ4v) is 4.55. The SMILES string of the molecule is O=C(CCCc1nc(-c2cccs2)no1)N1C[C@H]2COCC[C@@]2(C(=O)O)C1. The van der Waals surface area contributed by atoms with Crippen LogP contribution in [0.25, 0.3) is 10.7 Å². The van der Waals surface area contributed by atoms with E-state index in [9.17, 15) is 14.7 Å². The van der Waals surface area contributed by atoms with Gasteiger partial charge in [-0.05, 0) is 24.3 Å². The number of aryl methyl sites for hydroxylation is 1. The summed E-state index contributed by atoms with van der Waals surface area (Å²) in [5, 5.41) is 15.6. The Morgan fingerprint density at radius 1 is 1.44 bits per heavy atom. The number of ether oxygens (including phenoxy) is 1. The minimum absolute atomic E-state index is 0.0250. The Hall–Kier alpha value is -2.26. The Balaban J connectivity index is 1.31. The van der Waals surface area contributed by atoms with Gasteiger partial charge in [-0.15, -0.1) is 11.3 Å². The second-order valence-electron chi connectivity index (χ2n) is 7.10. The van der Waals surface area contributed by atoms with Crippen LogP contribution >= 0.6 is 11.3 Å². The number of aromatic nitrogens is 2. The van der Waals surface area contributed by atoms with E-state index < -0.39 is 11.4 Å². The number of hydrogen-bond acceptors (Lipinski definition) is 7. The van der Waals surface area contributed by atoms with Gasteiger partial charge < -0.3 is 19.3 Å². The van der Waals surface area contributed by atoms with Crippen LogP contribution in [0.15, 0.2) is 22.0 Å². The van der Waals surface area contributed by atoms with Crippen molar-refractivity contribution in [1.82, 2.24) is 15.0 Å². The second kappa shape index (κ2) is 7.40. The lowest BCUT2D eigenvalue weighted by atomic mass is 9.74. The van der Waals surface area contributed by atoms with Gasteiger partial charge in [0.15, 0.2) is 0 Å². The molecule has 2 fully saturated rings. The van der Waals surface area contributed by atoms with Crippen molar-refractivity contribution in [1.29, 1.82) is 0 Å². The van der Waals surface area contributed by atoms with Gasteiger partial charge in [0.25, 0.3) is 0 Å². The van der Waals surface area contributed by atoms with Crippen LogP contribution in [0.5, 0.6) is 0 Å². The summed E-state index contributed by atoms with van der Waals surface area (Å²) >= 11 is 1.54. The molecule has 2 aliphatic rings. The Kier molecular flexibility index (Phi) is 4.96. The normalized spacial score (nSPS) is 24.7. The predicted molar refractivity (Wildman–Crippen MR) is 96.1 cm³/mol. The van der Waals surface area contributed by atoms with E-state index in [4.69, 9.17) is 9.26 Å². The summed E-state index contributed by atoms with van der Waals surface area (Å²) in [4.78, 5) is 31.3. The van der Waals surface area contributed by atoms with Gasteiger partial charge in [0.05, 0.1) is 16.9 Å². The molecule has 2 saturated heterocycles. The van der Waals surface area contributed by atoms with E-state index >= 15 is 0 Å². The first-order valence-corrected chi connectivity index (χ1v) is 9.92. The number of hydrogen-bond donors (Lipinski definition) is 1. The minimum atomic E-state index is -0.851. The largest absolute Gasteiger partial charge is 0.481 e. The summed E-state index contributed by atoms with van der Waals surface area (Å²) < 4.78 is 10.7. The number of carbonyl (C=O) groups is 2. The van der Waals surface area contributed by atoms with Gasteiger partial charge in [0, 0.05) is 38.5 Å². The molecule has 0 saturated carbocycles. The molecule has 4 rings (SSSR count). The predicted octanol–water partition coefficient (Wildman–Crippen LogP) is 2.07. The average molecular weight is 391 g/mol. The molecule has 0 radical (unpaired) electrons. The Bertz CT molecular complexity index is 821. The highest BCUT2D eigenvalue weighted by Gasteiger charge is 2.54. The lowest BCUT2D eigenvalue weighted by Crippen LogP contribution is -2.45. The Morgan fingerprint density at radius 3 is 3.07 bits per heavy atom. The number of likely N-dealkylation sites (tertiary alicyclic amines) is 1. The molecule has 1 N–H and O–H groups in total. The van der Waals surface area contributed by atoms with E-state index in [0.717, 1.165) is 4.88 Å². The van der Waals surface area contributed by atoms with Crippen LogP contribution in [-0.4, -0.2) is 58.3 Å². The molecule has 2 aromatic rings. The molecule has 2 aliphatic heterocycles. The van der Waals surface area contributed by atoms with Gasteiger partial charge >= 0.3 is 5.97 Å². The smallest absolute Gasteiger partial charge is 0.311 e. The van der Waals surface area contributed by atoms with Crippen LogP contribution in [0.2, 0.25) is 0 Å². The summed E-state index contributed by atoms with van der Waals surface area (Å²) in [6, 6.07) is 3.86. The summed E-state index contributed by atoms with van der Waals surface area (Å²) in [5.74, 6) is 0.105. The summed E-state index contributed by atoms with van der Waals surface area (Å²) in [5.41, 5.74) is -0.851. The molecule has 1 amide bonds. The van der Waals surface area contributed by atoms with Gasteiger partial charge in [0.2, 0.25) is 17.6 Å². The van der Waals surface area contributed by atoms with Crippen molar-refractivity contribution in [3.8, 4) is 10.7 Å². The van der Waals surface area contributed by atoms with Crippen LogP contribution < -0.4 is 0 Å². The molecule has 0 aliphatic carbocycles. The average Bonchev–Trinajstić information content (AvgIpc) is 3.40. The molecular formula is C18H21N3O5S. The van der Waals surface area contributed by atoms with Gasteiger partial charge in [-0.1, -0.05) is 11.2 Å². The van der Waals surface area contributed by atoms with E-state index in [-0.39, 0.29) is 18.4 Å². The third kappa shape index (κ3) is 3.49. The molecule has 144 valence electrons. The number of thiophene rings is 1. The van der Waals surface area contributed by atoms with Crippen LogP contribution in [0.1, 0.15) is 25.2 Å². The monoisotopic (exact) mass is 391 g/mol. The maximum Gasteiger partial charge on any atom is 0.311 e. The zero-order valence-electron chi connectivity index (χ0n) is 14.8. The lowest BCUT2D eigenvalue weighted by molar-refractivity contribution is -0.157. The number of aliphatic carboxylic acids is 1.